The van der Waals surface area contributed by atoms with Crippen LogP contribution in [0, 0.1) is 0 Å². The number of carbonyl (C=O) groups excluding carboxylic acids is 1. The molecule has 122 valence electrons. The number of benzene rings is 2. The third-order valence-corrected chi connectivity index (χ3v) is 3.57. The van der Waals surface area contributed by atoms with Crippen LogP contribution in [-0.2, 0) is 17.8 Å². The van der Waals surface area contributed by atoms with Crippen LogP contribution in [0.3, 0.4) is 0 Å². The Hall–Kier alpha value is -2.33. The molecule has 4 heteroatoms. The predicted octanol–water partition coefficient (Wildman–Crippen LogP) is 3.30. The van der Waals surface area contributed by atoms with Crippen molar-refractivity contribution in [2.45, 2.75) is 32.0 Å². The Balaban J connectivity index is 1.68. The molecule has 0 aliphatic heterocycles. The molecule has 0 aliphatic rings. The van der Waals surface area contributed by atoms with Gasteiger partial charge >= 0.3 is 6.09 Å². The fraction of sp³-hybridized carbons (Fsp3) is 0.316. The summed E-state index contributed by atoms with van der Waals surface area (Å²) in [4.78, 5) is 11.6. The third kappa shape index (κ3) is 6.53. The van der Waals surface area contributed by atoms with E-state index in [9.17, 15) is 9.90 Å². The fourth-order valence-electron chi connectivity index (χ4n) is 2.33. The van der Waals surface area contributed by atoms with Crippen LogP contribution in [0.4, 0.5) is 4.79 Å². The molecule has 0 fully saturated rings. The largest absolute Gasteiger partial charge is 0.445 e. The van der Waals surface area contributed by atoms with Crippen molar-refractivity contribution in [1.29, 1.82) is 0 Å². The molecule has 0 spiro atoms. The smallest absolute Gasteiger partial charge is 0.407 e. The van der Waals surface area contributed by atoms with Gasteiger partial charge in [-0.25, -0.2) is 4.79 Å². The highest BCUT2D eigenvalue weighted by Crippen LogP contribution is 2.16. The van der Waals surface area contributed by atoms with Crippen molar-refractivity contribution >= 4 is 6.09 Å². The summed E-state index contributed by atoms with van der Waals surface area (Å²) in [5.41, 5.74) is 1.15. The molecule has 2 aromatic rings. The van der Waals surface area contributed by atoms with Crippen LogP contribution >= 0.6 is 0 Å². The molecule has 1 amide bonds. The monoisotopic (exact) mass is 313 g/mol. The molecule has 23 heavy (non-hydrogen) atoms. The summed E-state index contributed by atoms with van der Waals surface area (Å²) in [6, 6.07) is 19.3. The summed E-state index contributed by atoms with van der Waals surface area (Å²) in [6.45, 7) is 2.39. The summed E-state index contributed by atoms with van der Waals surface area (Å²) in [5.74, 6) is 0. The Morgan fingerprint density at radius 2 is 1.61 bits per heavy atom. The van der Waals surface area contributed by atoms with E-state index >= 15 is 0 Å². The maximum absolute atomic E-state index is 11.6. The summed E-state index contributed by atoms with van der Waals surface area (Å²) < 4.78 is 5.13. The zero-order valence-electron chi connectivity index (χ0n) is 13.4. The minimum absolute atomic E-state index is 0.243. The molecule has 0 aliphatic carbocycles. The summed E-state index contributed by atoms with van der Waals surface area (Å²) in [6.07, 6.45) is 0.543. The van der Waals surface area contributed by atoms with Crippen LogP contribution in [0.25, 0.3) is 0 Å². The molecular formula is C19H23NO3. The van der Waals surface area contributed by atoms with Crippen molar-refractivity contribution in [3.05, 3.63) is 71.8 Å². The molecule has 2 aromatic carbocycles. The van der Waals surface area contributed by atoms with Crippen molar-refractivity contribution in [2.75, 3.05) is 6.54 Å². The molecule has 0 saturated carbocycles. The van der Waals surface area contributed by atoms with E-state index in [1.807, 2.05) is 60.7 Å². The van der Waals surface area contributed by atoms with Gasteiger partial charge < -0.3 is 15.2 Å². The van der Waals surface area contributed by atoms with E-state index in [4.69, 9.17) is 4.74 Å². The van der Waals surface area contributed by atoms with Crippen LogP contribution in [0.1, 0.15) is 24.5 Å². The van der Waals surface area contributed by atoms with E-state index in [0.29, 0.717) is 19.4 Å². The molecule has 0 bridgehead atoms. The lowest BCUT2D eigenvalue weighted by Crippen LogP contribution is -2.34. The van der Waals surface area contributed by atoms with E-state index in [-0.39, 0.29) is 6.61 Å². The molecular weight excluding hydrogens is 290 g/mol. The van der Waals surface area contributed by atoms with Crippen LogP contribution in [0.5, 0.6) is 0 Å². The van der Waals surface area contributed by atoms with Crippen molar-refractivity contribution in [1.82, 2.24) is 5.32 Å². The zero-order chi connectivity index (χ0) is 16.5. The molecule has 1 atom stereocenters. The Morgan fingerprint density at radius 3 is 2.22 bits per heavy atom. The number of carbonyl (C=O) groups is 1. The number of rotatable bonds is 7. The fourth-order valence-corrected chi connectivity index (χ4v) is 2.33. The first-order valence-electron chi connectivity index (χ1n) is 7.76. The van der Waals surface area contributed by atoms with Crippen LogP contribution in [-0.4, -0.2) is 23.3 Å². The first-order valence-corrected chi connectivity index (χ1v) is 7.76. The molecule has 2 rings (SSSR count). The standard InChI is InChI=1S/C19H23NO3/c1-19(22,14-16-8-4-2-5-9-16)12-13-20-18(21)23-15-17-10-6-3-7-11-17/h2-11,22H,12-15H2,1H3,(H,20,21). The number of amides is 1. The highest BCUT2D eigenvalue weighted by Gasteiger charge is 2.20. The maximum Gasteiger partial charge on any atom is 0.407 e. The normalized spacial score (nSPS) is 13.1. The summed E-state index contributed by atoms with van der Waals surface area (Å²) in [5, 5.41) is 13.1. The van der Waals surface area contributed by atoms with Gasteiger partial charge in [-0.2, -0.15) is 0 Å². The number of aliphatic hydroxyl groups is 1. The molecule has 0 heterocycles. The Bertz CT molecular complexity index is 597. The minimum Gasteiger partial charge on any atom is -0.445 e. The number of hydrogen-bond acceptors (Lipinski definition) is 3. The summed E-state index contributed by atoms with van der Waals surface area (Å²) >= 11 is 0. The number of ether oxygens (including phenoxy) is 1. The van der Waals surface area contributed by atoms with E-state index in [1.165, 1.54) is 0 Å². The van der Waals surface area contributed by atoms with Crippen LogP contribution in [0.15, 0.2) is 60.7 Å². The number of hydrogen-bond donors (Lipinski definition) is 2. The lowest BCUT2D eigenvalue weighted by molar-refractivity contribution is 0.0509. The van der Waals surface area contributed by atoms with Gasteiger partial charge in [0.25, 0.3) is 0 Å². The lowest BCUT2D eigenvalue weighted by atomic mass is 9.93. The van der Waals surface area contributed by atoms with Crippen LogP contribution in [0.2, 0.25) is 0 Å². The Kier molecular flexibility index (Phi) is 6.18. The number of nitrogens with one attached hydrogen (secondary N) is 1. The first-order chi connectivity index (χ1) is 11.1. The lowest BCUT2D eigenvalue weighted by Gasteiger charge is -2.23. The molecule has 0 aromatic heterocycles. The van der Waals surface area contributed by atoms with Crippen molar-refractivity contribution in [2.24, 2.45) is 0 Å². The van der Waals surface area contributed by atoms with E-state index in [2.05, 4.69) is 5.32 Å². The van der Waals surface area contributed by atoms with Crippen molar-refractivity contribution in [3.8, 4) is 0 Å². The highest BCUT2D eigenvalue weighted by molar-refractivity contribution is 5.67. The third-order valence-electron chi connectivity index (χ3n) is 3.57. The maximum atomic E-state index is 11.6. The van der Waals surface area contributed by atoms with Gasteiger partial charge in [-0.3, -0.25) is 0 Å². The van der Waals surface area contributed by atoms with Gasteiger partial charge in [0.2, 0.25) is 0 Å². The minimum atomic E-state index is -0.867. The van der Waals surface area contributed by atoms with Crippen molar-refractivity contribution < 1.29 is 14.6 Å². The first kappa shape index (κ1) is 17.0. The molecule has 4 nitrogen and oxygen atoms in total. The van der Waals surface area contributed by atoms with Crippen molar-refractivity contribution in [3.63, 3.8) is 0 Å². The van der Waals surface area contributed by atoms with Gasteiger partial charge in [-0.05, 0) is 24.5 Å². The van der Waals surface area contributed by atoms with E-state index < -0.39 is 11.7 Å². The predicted molar refractivity (Wildman–Crippen MR) is 90.0 cm³/mol. The Labute approximate surface area is 137 Å². The van der Waals surface area contributed by atoms with Gasteiger partial charge in [0.15, 0.2) is 0 Å². The Morgan fingerprint density at radius 1 is 1.04 bits per heavy atom. The molecule has 0 saturated heterocycles. The number of alkyl carbamates (subject to hydrolysis) is 1. The second-order valence-electron chi connectivity index (χ2n) is 5.90. The highest BCUT2D eigenvalue weighted by atomic mass is 16.5. The van der Waals surface area contributed by atoms with E-state index in [0.717, 1.165) is 11.1 Å². The molecule has 1 unspecified atom stereocenters. The topological polar surface area (TPSA) is 58.6 Å². The zero-order valence-corrected chi connectivity index (χ0v) is 13.4. The second kappa shape index (κ2) is 8.34. The quantitative estimate of drug-likeness (QED) is 0.824. The molecule has 2 N–H and O–H groups in total. The van der Waals surface area contributed by atoms with Gasteiger partial charge in [0.1, 0.15) is 6.61 Å². The average molecular weight is 313 g/mol. The van der Waals surface area contributed by atoms with Gasteiger partial charge in [0, 0.05) is 13.0 Å². The van der Waals surface area contributed by atoms with Gasteiger partial charge in [-0.1, -0.05) is 60.7 Å². The molecule has 0 radical (unpaired) electrons. The van der Waals surface area contributed by atoms with Crippen LogP contribution < -0.4 is 5.32 Å². The van der Waals surface area contributed by atoms with Gasteiger partial charge in [-0.15, -0.1) is 0 Å². The SMILES string of the molecule is CC(O)(CCNC(=O)OCc1ccccc1)Cc1ccccc1. The summed E-state index contributed by atoms with van der Waals surface area (Å²) in [7, 11) is 0. The van der Waals surface area contributed by atoms with E-state index in [1.54, 1.807) is 6.92 Å². The van der Waals surface area contributed by atoms with Gasteiger partial charge in [0.05, 0.1) is 5.60 Å². The second-order valence-corrected chi connectivity index (χ2v) is 5.90. The average Bonchev–Trinajstić information content (AvgIpc) is 2.54.